The fourth-order valence-electron chi connectivity index (χ4n) is 1.75. The van der Waals surface area contributed by atoms with Crippen LogP contribution >= 0.6 is 23.1 Å². The zero-order chi connectivity index (χ0) is 13.7. The summed E-state index contributed by atoms with van der Waals surface area (Å²) in [6.07, 6.45) is 0.877. The van der Waals surface area contributed by atoms with Crippen molar-refractivity contribution in [1.29, 1.82) is 0 Å². The number of aryl methyl sites for hydroxylation is 1. The smallest absolute Gasteiger partial charge is 0.136 e. The van der Waals surface area contributed by atoms with Crippen LogP contribution in [0.5, 0.6) is 0 Å². The maximum Gasteiger partial charge on any atom is 0.136 e. The molecule has 19 heavy (non-hydrogen) atoms. The molecule has 0 fully saturated rings. The maximum absolute atomic E-state index is 13.5. The van der Waals surface area contributed by atoms with Crippen LogP contribution in [-0.2, 0) is 6.42 Å². The highest BCUT2D eigenvalue weighted by Crippen LogP contribution is 2.22. The van der Waals surface area contributed by atoms with Gasteiger partial charge in [0.2, 0.25) is 0 Å². The summed E-state index contributed by atoms with van der Waals surface area (Å²) in [7, 11) is 1.94. The van der Waals surface area contributed by atoms with Crippen molar-refractivity contribution >= 4 is 23.1 Å². The third kappa shape index (κ3) is 4.30. The fourth-order valence-corrected chi connectivity index (χ4v) is 3.42. The van der Waals surface area contributed by atoms with Crippen molar-refractivity contribution < 1.29 is 4.39 Å². The summed E-state index contributed by atoms with van der Waals surface area (Å²) in [6.45, 7) is 2.01. The van der Waals surface area contributed by atoms with Gasteiger partial charge in [0.1, 0.15) is 5.82 Å². The van der Waals surface area contributed by atoms with E-state index in [1.165, 1.54) is 6.07 Å². The predicted octanol–water partition coefficient (Wildman–Crippen LogP) is 3.51. The molecule has 1 aromatic heterocycles. The Hall–Kier alpha value is -0.910. The first kappa shape index (κ1) is 14.5. The van der Waals surface area contributed by atoms with Gasteiger partial charge in [-0.3, -0.25) is 0 Å². The van der Waals surface area contributed by atoms with E-state index < -0.39 is 0 Å². The van der Waals surface area contributed by atoms with E-state index >= 15 is 0 Å². The first-order valence-electron chi connectivity index (χ1n) is 6.14. The van der Waals surface area contributed by atoms with Crippen LogP contribution in [0.1, 0.15) is 10.7 Å². The molecule has 1 atom stereocenters. The van der Waals surface area contributed by atoms with Crippen LogP contribution in [-0.4, -0.2) is 23.8 Å². The Kier molecular flexibility index (Phi) is 5.36. The number of nitrogens with zero attached hydrogens (tertiary/aromatic N) is 1. The van der Waals surface area contributed by atoms with Gasteiger partial charge in [0.15, 0.2) is 0 Å². The molecule has 5 heteroatoms. The Labute approximate surface area is 121 Å². The number of hydrogen-bond donors (Lipinski definition) is 1. The SMILES string of the molecule is CNC(CSc1ccccc1F)Cc1csc(C)n1. The number of thioether (sulfide) groups is 1. The Morgan fingerprint density at radius 3 is 2.84 bits per heavy atom. The maximum atomic E-state index is 13.5. The van der Waals surface area contributed by atoms with Crippen molar-refractivity contribution in [3.8, 4) is 0 Å². The summed E-state index contributed by atoms with van der Waals surface area (Å²) in [5.41, 5.74) is 1.11. The molecule has 0 radical (unpaired) electrons. The molecule has 0 aliphatic carbocycles. The molecule has 0 amide bonds. The number of likely N-dealkylation sites (N-methyl/N-ethyl adjacent to an activating group) is 1. The van der Waals surface area contributed by atoms with Crippen molar-refractivity contribution in [3.05, 3.63) is 46.2 Å². The average Bonchev–Trinajstić information content (AvgIpc) is 2.81. The van der Waals surface area contributed by atoms with Gasteiger partial charge in [-0.25, -0.2) is 9.37 Å². The lowest BCUT2D eigenvalue weighted by atomic mass is 10.2. The normalized spacial score (nSPS) is 12.6. The van der Waals surface area contributed by atoms with Crippen LogP contribution in [0.3, 0.4) is 0 Å². The topological polar surface area (TPSA) is 24.9 Å². The Bertz CT molecular complexity index is 528. The molecule has 2 aromatic rings. The van der Waals surface area contributed by atoms with Crippen LogP contribution < -0.4 is 5.32 Å². The second kappa shape index (κ2) is 7.03. The molecule has 1 unspecified atom stereocenters. The monoisotopic (exact) mass is 296 g/mol. The Morgan fingerprint density at radius 2 is 2.21 bits per heavy atom. The number of aromatic nitrogens is 1. The van der Waals surface area contributed by atoms with E-state index in [0.29, 0.717) is 10.9 Å². The largest absolute Gasteiger partial charge is 0.316 e. The molecule has 102 valence electrons. The lowest BCUT2D eigenvalue weighted by Gasteiger charge is -2.14. The highest BCUT2D eigenvalue weighted by molar-refractivity contribution is 7.99. The standard InChI is InChI=1S/C14H17FN2S2/c1-10-17-12(9-18-10)7-11(16-2)8-19-14-6-4-3-5-13(14)15/h3-6,9,11,16H,7-8H2,1-2H3. The van der Waals surface area contributed by atoms with E-state index in [-0.39, 0.29) is 5.82 Å². The van der Waals surface area contributed by atoms with Crippen LogP contribution in [0.2, 0.25) is 0 Å². The first-order valence-corrected chi connectivity index (χ1v) is 8.01. The highest BCUT2D eigenvalue weighted by atomic mass is 32.2. The minimum atomic E-state index is -0.146. The number of rotatable bonds is 6. The van der Waals surface area contributed by atoms with Gasteiger partial charge in [0.25, 0.3) is 0 Å². The highest BCUT2D eigenvalue weighted by Gasteiger charge is 2.11. The van der Waals surface area contributed by atoms with E-state index in [9.17, 15) is 4.39 Å². The van der Waals surface area contributed by atoms with Gasteiger partial charge in [-0.2, -0.15) is 0 Å². The fraction of sp³-hybridized carbons (Fsp3) is 0.357. The van der Waals surface area contributed by atoms with Gasteiger partial charge in [-0.1, -0.05) is 12.1 Å². The summed E-state index contributed by atoms with van der Waals surface area (Å²) in [5, 5.41) is 6.45. The van der Waals surface area contributed by atoms with Crippen LogP contribution in [0, 0.1) is 12.7 Å². The number of halogens is 1. The molecule has 0 bridgehead atoms. The van der Waals surface area contributed by atoms with Gasteiger partial charge in [0, 0.05) is 28.5 Å². The average molecular weight is 296 g/mol. The summed E-state index contributed by atoms with van der Waals surface area (Å²) < 4.78 is 13.5. The zero-order valence-electron chi connectivity index (χ0n) is 11.0. The van der Waals surface area contributed by atoms with Crippen LogP contribution in [0.15, 0.2) is 34.5 Å². The van der Waals surface area contributed by atoms with Crippen LogP contribution in [0.25, 0.3) is 0 Å². The molecular weight excluding hydrogens is 279 g/mol. The number of hydrogen-bond acceptors (Lipinski definition) is 4. The second-order valence-electron chi connectivity index (χ2n) is 4.29. The first-order chi connectivity index (χ1) is 9.19. The van der Waals surface area contributed by atoms with Crippen LogP contribution in [0.4, 0.5) is 4.39 Å². The number of nitrogens with one attached hydrogen (secondary N) is 1. The van der Waals surface area contributed by atoms with E-state index in [1.807, 2.05) is 26.1 Å². The van der Waals surface area contributed by atoms with E-state index in [0.717, 1.165) is 22.9 Å². The zero-order valence-corrected chi connectivity index (χ0v) is 12.7. The molecule has 0 aliphatic rings. The molecule has 1 N–H and O–H groups in total. The number of benzene rings is 1. The molecule has 1 heterocycles. The summed E-state index contributed by atoms with van der Waals surface area (Å²) >= 11 is 3.21. The van der Waals surface area contributed by atoms with E-state index in [2.05, 4.69) is 15.7 Å². The predicted molar refractivity (Wildman–Crippen MR) is 80.5 cm³/mol. The molecule has 0 aliphatic heterocycles. The molecule has 0 spiro atoms. The Balaban J connectivity index is 1.91. The van der Waals surface area contributed by atoms with E-state index in [4.69, 9.17) is 0 Å². The quantitative estimate of drug-likeness (QED) is 0.826. The molecule has 2 rings (SSSR count). The van der Waals surface area contributed by atoms with Crippen molar-refractivity contribution in [2.24, 2.45) is 0 Å². The third-order valence-electron chi connectivity index (χ3n) is 2.81. The summed E-state index contributed by atoms with van der Waals surface area (Å²) in [4.78, 5) is 5.17. The molecule has 0 saturated heterocycles. The van der Waals surface area contributed by atoms with Gasteiger partial charge >= 0.3 is 0 Å². The van der Waals surface area contributed by atoms with Gasteiger partial charge in [-0.15, -0.1) is 23.1 Å². The second-order valence-corrected chi connectivity index (χ2v) is 6.41. The van der Waals surface area contributed by atoms with E-state index in [1.54, 1.807) is 29.2 Å². The summed E-state index contributed by atoms with van der Waals surface area (Å²) in [6, 6.07) is 7.20. The van der Waals surface area contributed by atoms with Crippen molar-refractivity contribution in [1.82, 2.24) is 10.3 Å². The molecule has 2 nitrogen and oxygen atoms in total. The van der Waals surface area contributed by atoms with Gasteiger partial charge in [0.05, 0.1) is 10.7 Å². The number of thiazole rings is 1. The third-order valence-corrected chi connectivity index (χ3v) is 4.84. The molecule has 1 aromatic carbocycles. The summed E-state index contributed by atoms with van der Waals surface area (Å²) in [5.74, 6) is 0.681. The van der Waals surface area contributed by atoms with Gasteiger partial charge in [-0.05, 0) is 26.1 Å². The molecular formula is C14H17FN2S2. The van der Waals surface area contributed by atoms with Crippen molar-refractivity contribution in [2.45, 2.75) is 24.3 Å². The van der Waals surface area contributed by atoms with Gasteiger partial charge < -0.3 is 5.32 Å². The lowest BCUT2D eigenvalue weighted by molar-refractivity contribution is 0.596. The van der Waals surface area contributed by atoms with Crippen molar-refractivity contribution in [3.63, 3.8) is 0 Å². The minimum absolute atomic E-state index is 0.146. The Morgan fingerprint density at radius 1 is 1.42 bits per heavy atom. The minimum Gasteiger partial charge on any atom is -0.316 e. The molecule has 0 saturated carbocycles. The lowest BCUT2D eigenvalue weighted by Crippen LogP contribution is -2.30. The van der Waals surface area contributed by atoms with Crippen molar-refractivity contribution in [2.75, 3.05) is 12.8 Å².